The third kappa shape index (κ3) is 2.41. The van der Waals surface area contributed by atoms with Gasteiger partial charge in [-0.25, -0.2) is 9.97 Å². The van der Waals surface area contributed by atoms with Gasteiger partial charge in [0, 0.05) is 18.0 Å². The highest BCUT2D eigenvalue weighted by Crippen LogP contribution is 2.27. The molecule has 0 amide bonds. The lowest BCUT2D eigenvalue weighted by molar-refractivity contribution is 0.431. The number of phenols is 1. The fraction of sp³-hybridized carbons (Fsp3) is 0. The van der Waals surface area contributed by atoms with E-state index in [1.54, 1.807) is 36.7 Å². The largest absolute Gasteiger partial charge is 0.507 e. The summed E-state index contributed by atoms with van der Waals surface area (Å²) in [7, 11) is 0. The molecule has 0 fully saturated rings. The van der Waals surface area contributed by atoms with Crippen LogP contribution in [0.5, 0.6) is 5.75 Å². The summed E-state index contributed by atoms with van der Waals surface area (Å²) in [4.78, 5) is 12.3. The predicted molar refractivity (Wildman–Crippen MR) is 75.1 cm³/mol. The van der Waals surface area contributed by atoms with Crippen molar-refractivity contribution in [1.82, 2.24) is 20.1 Å². The number of hydrogen-bond acceptors (Lipinski definition) is 6. The van der Waals surface area contributed by atoms with E-state index in [9.17, 15) is 5.11 Å². The third-order valence-electron chi connectivity index (χ3n) is 2.38. The van der Waals surface area contributed by atoms with Crippen molar-refractivity contribution < 1.29 is 9.63 Å². The minimum absolute atomic E-state index is 0.175. The summed E-state index contributed by atoms with van der Waals surface area (Å²) in [6.45, 7) is 0. The van der Waals surface area contributed by atoms with Crippen LogP contribution in [0.3, 0.4) is 0 Å². The highest BCUT2D eigenvalue weighted by Gasteiger charge is 2.13. The Morgan fingerprint density at radius 2 is 1.89 bits per heavy atom. The number of rotatable bonds is 2. The topological polar surface area (TPSA) is 84.9 Å². The number of nitrogens with zero attached hydrogens (tertiary/aromatic N) is 4. The summed E-state index contributed by atoms with van der Waals surface area (Å²) in [6, 6.07) is 6.85. The summed E-state index contributed by atoms with van der Waals surface area (Å²) in [5, 5.41) is 13.5. The van der Waals surface area contributed by atoms with Crippen LogP contribution in [0.4, 0.5) is 0 Å². The van der Waals surface area contributed by atoms with Crippen LogP contribution in [-0.4, -0.2) is 25.2 Å². The standard InChI is InChI=1S/C12H7IN4O2/c13-8-3-2-7(6-9(8)18)12-16-11(17-19-12)10-14-4-1-5-15-10/h1-6,18H. The average Bonchev–Trinajstić information content (AvgIpc) is 2.93. The second-order valence-corrected chi connectivity index (χ2v) is 4.82. The van der Waals surface area contributed by atoms with Crippen molar-refractivity contribution in [3.8, 4) is 28.9 Å². The smallest absolute Gasteiger partial charge is 0.258 e. The van der Waals surface area contributed by atoms with E-state index in [-0.39, 0.29) is 5.75 Å². The van der Waals surface area contributed by atoms with Gasteiger partial charge in [0.1, 0.15) is 5.75 Å². The van der Waals surface area contributed by atoms with Crippen LogP contribution in [0.1, 0.15) is 0 Å². The predicted octanol–water partition coefficient (Wildman–Crippen LogP) is 2.50. The van der Waals surface area contributed by atoms with Gasteiger partial charge in [0.2, 0.25) is 11.6 Å². The number of benzene rings is 1. The molecule has 0 aliphatic heterocycles. The van der Waals surface area contributed by atoms with Crippen LogP contribution >= 0.6 is 22.6 Å². The van der Waals surface area contributed by atoms with Gasteiger partial charge in [-0.2, -0.15) is 4.98 Å². The van der Waals surface area contributed by atoms with Gasteiger partial charge < -0.3 is 9.63 Å². The maximum atomic E-state index is 9.66. The molecule has 2 aromatic heterocycles. The van der Waals surface area contributed by atoms with E-state index in [1.807, 2.05) is 22.6 Å². The van der Waals surface area contributed by atoms with Crippen molar-refractivity contribution in [1.29, 1.82) is 0 Å². The lowest BCUT2D eigenvalue weighted by Gasteiger charge is -1.98. The maximum Gasteiger partial charge on any atom is 0.258 e. The molecule has 0 bridgehead atoms. The van der Waals surface area contributed by atoms with Gasteiger partial charge >= 0.3 is 0 Å². The summed E-state index contributed by atoms with van der Waals surface area (Å²) in [5.41, 5.74) is 0.646. The van der Waals surface area contributed by atoms with Crippen molar-refractivity contribution in [3.63, 3.8) is 0 Å². The van der Waals surface area contributed by atoms with Crippen molar-refractivity contribution in [2.24, 2.45) is 0 Å². The molecule has 1 N–H and O–H groups in total. The maximum absolute atomic E-state index is 9.66. The Bertz CT molecular complexity index is 715. The van der Waals surface area contributed by atoms with Gasteiger partial charge in [-0.3, -0.25) is 0 Å². The summed E-state index contributed by atoms with van der Waals surface area (Å²) in [5.74, 6) is 1.20. The third-order valence-corrected chi connectivity index (χ3v) is 3.30. The summed E-state index contributed by atoms with van der Waals surface area (Å²) < 4.78 is 5.90. The first-order chi connectivity index (χ1) is 9.24. The molecular weight excluding hydrogens is 359 g/mol. The minimum atomic E-state index is 0.175. The molecule has 3 aromatic rings. The summed E-state index contributed by atoms with van der Waals surface area (Å²) in [6.07, 6.45) is 3.21. The van der Waals surface area contributed by atoms with E-state index < -0.39 is 0 Å². The Balaban J connectivity index is 1.99. The van der Waals surface area contributed by atoms with Crippen molar-refractivity contribution in [3.05, 3.63) is 40.2 Å². The van der Waals surface area contributed by atoms with Crippen LogP contribution in [0, 0.1) is 3.57 Å². The zero-order valence-electron chi connectivity index (χ0n) is 9.49. The van der Waals surface area contributed by atoms with Gasteiger partial charge in [-0.05, 0) is 46.9 Å². The van der Waals surface area contributed by atoms with Gasteiger partial charge in [0.05, 0.1) is 3.57 Å². The number of aromatic nitrogens is 4. The number of halogens is 1. The quantitative estimate of drug-likeness (QED) is 0.702. The van der Waals surface area contributed by atoms with Crippen LogP contribution in [0.15, 0.2) is 41.2 Å². The molecule has 94 valence electrons. The minimum Gasteiger partial charge on any atom is -0.507 e. The molecule has 0 saturated carbocycles. The fourth-order valence-electron chi connectivity index (χ4n) is 1.49. The van der Waals surface area contributed by atoms with Gasteiger partial charge in [-0.1, -0.05) is 5.16 Å². The highest BCUT2D eigenvalue weighted by molar-refractivity contribution is 14.1. The van der Waals surface area contributed by atoms with Crippen LogP contribution < -0.4 is 0 Å². The normalized spacial score (nSPS) is 10.6. The molecule has 2 heterocycles. The molecule has 0 spiro atoms. The van der Waals surface area contributed by atoms with Crippen molar-refractivity contribution >= 4 is 22.6 Å². The number of phenolic OH excluding ortho intramolecular Hbond substituents is 1. The Morgan fingerprint density at radius 3 is 2.63 bits per heavy atom. The Morgan fingerprint density at radius 1 is 1.11 bits per heavy atom. The molecule has 0 atom stereocenters. The van der Waals surface area contributed by atoms with Gasteiger partial charge in [-0.15, -0.1) is 0 Å². The first-order valence-corrected chi connectivity index (χ1v) is 6.42. The average molecular weight is 366 g/mol. The van der Waals surface area contributed by atoms with E-state index in [4.69, 9.17) is 4.52 Å². The monoisotopic (exact) mass is 366 g/mol. The zero-order valence-corrected chi connectivity index (χ0v) is 11.6. The van der Waals surface area contributed by atoms with Gasteiger partial charge in [0.15, 0.2) is 0 Å². The molecule has 0 unspecified atom stereocenters. The molecule has 6 nitrogen and oxygen atoms in total. The molecule has 19 heavy (non-hydrogen) atoms. The molecule has 0 aliphatic carbocycles. The molecule has 0 radical (unpaired) electrons. The molecule has 3 rings (SSSR count). The van der Waals surface area contributed by atoms with Crippen molar-refractivity contribution in [2.75, 3.05) is 0 Å². The Labute approximate surface area is 121 Å². The molecule has 0 aliphatic rings. The molecule has 0 saturated heterocycles. The molecule has 1 aromatic carbocycles. The van der Waals surface area contributed by atoms with Crippen LogP contribution in [0.25, 0.3) is 23.1 Å². The summed E-state index contributed by atoms with van der Waals surface area (Å²) >= 11 is 2.04. The van der Waals surface area contributed by atoms with E-state index in [0.717, 1.165) is 3.57 Å². The number of aromatic hydroxyl groups is 1. The first kappa shape index (κ1) is 12.0. The molecular formula is C12H7IN4O2. The lowest BCUT2D eigenvalue weighted by Crippen LogP contribution is -1.88. The first-order valence-electron chi connectivity index (χ1n) is 5.34. The van der Waals surface area contributed by atoms with E-state index in [1.165, 1.54) is 0 Å². The second kappa shape index (κ2) is 4.92. The molecule has 7 heteroatoms. The zero-order chi connectivity index (χ0) is 13.2. The second-order valence-electron chi connectivity index (χ2n) is 3.66. The van der Waals surface area contributed by atoms with E-state index >= 15 is 0 Å². The Kier molecular flexibility index (Phi) is 3.11. The van der Waals surface area contributed by atoms with Crippen molar-refractivity contribution in [2.45, 2.75) is 0 Å². The van der Waals surface area contributed by atoms with Crippen LogP contribution in [0.2, 0.25) is 0 Å². The van der Waals surface area contributed by atoms with E-state index in [0.29, 0.717) is 23.1 Å². The SMILES string of the molecule is Oc1cc(-c2nc(-c3ncccn3)no2)ccc1I. The van der Waals surface area contributed by atoms with E-state index in [2.05, 4.69) is 20.1 Å². The Hall–Kier alpha value is -2.03. The lowest BCUT2D eigenvalue weighted by atomic mass is 10.2. The fourth-order valence-corrected chi connectivity index (χ4v) is 1.83. The highest BCUT2D eigenvalue weighted by atomic mass is 127. The van der Waals surface area contributed by atoms with Crippen LogP contribution in [-0.2, 0) is 0 Å². The number of hydrogen-bond donors (Lipinski definition) is 1. The van der Waals surface area contributed by atoms with Gasteiger partial charge in [0.25, 0.3) is 5.89 Å².